The number of hydrogen-bond acceptors (Lipinski definition) is 4. The molecule has 1 aromatic heterocycles. The minimum atomic E-state index is 0.722. The summed E-state index contributed by atoms with van der Waals surface area (Å²) in [5.41, 5.74) is 6.78. The number of hydrogen-bond donors (Lipinski definition) is 1. The predicted octanol–water partition coefficient (Wildman–Crippen LogP) is 1.21. The van der Waals surface area contributed by atoms with E-state index in [2.05, 4.69) is 21.8 Å². The van der Waals surface area contributed by atoms with Gasteiger partial charge in [0.25, 0.3) is 0 Å². The molecule has 1 atom stereocenters. The molecule has 0 spiro atoms. The minimum absolute atomic E-state index is 0.722. The third-order valence-corrected chi connectivity index (χ3v) is 3.24. The Bertz CT molecular complexity index is 322. The Kier molecular flexibility index (Phi) is 3.72. The molecule has 16 heavy (non-hydrogen) atoms. The van der Waals surface area contributed by atoms with Crippen LogP contribution in [0.1, 0.15) is 25.3 Å². The number of aryl methyl sites for hydroxylation is 1. The fourth-order valence-corrected chi connectivity index (χ4v) is 2.18. The van der Waals surface area contributed by atoms with Gasteiger partial charge in [-0.25, -0.2) is 9.97 Å². The highest BCUT2D eigenvalue weighted by molar-refractivity contribution is 5.31. The second-order valence-electron chi connectivity index (χ2n) is 4.42. The maximum atomic E-state index is 5.58. The zero-order chi connectivity index (χ0) is 11.4. The maximum absolute atomic E-state index is 5.58. The second-order valence-corrected chi connectivity index (χ2v) is 4.42. The van der Waals surface area contributed by atoms with E-state index in [1.165, 1.54) is 12.0 Å². The first kappa shape index (κ1) is 11.3. The summed E-state index contributed by atoms with van der Waals surface area (Å²) in [4.78, 5) is 11.1. The van der Waals surface area contributed by atoms with E-state index in [9.17, 15) is 0 Å². The predicted molar refractivity (Wildman–Crippen MR) is 65.4 cm³/mol. The van der Waals surface area contributed by atoms with Crippen LogP contribution in [-0.2, 0) is 6.42 Å². The van der Waals surface area contributed by atoms with Crippen LogP contribution in [0, 0.1) is 5.92 Å². The Morgan fingerprint density at radius 1 is 1.44 bits per heavy atom. The standard InChI is InChI=1S/C12H20N4/c1-2-10-7-14-12(15-8-10)16-6-4-11(9-16)3-5-13/h7-8,11H,2-6,9,13H2,1H3. The Morgan fingerprint density at radius 3 is 2.81 bits per heavy atom. The molecule has 1 aliphatic rings. The molecule has 0 saturated carbocycles. The summed E-state index contributed by atoms with van der Waals surface area (Å²) in [6.45, 7) is 5.03. The van der Waals surface area contributed by atoms with Gasteiger partial charge in [0.1, 0.15) is 0 Å². The molecule has 1 aliphatic heterocycles. The van der Waals surface area contributed by atoms with E-state index in [-0.39, 0.29) is 0 Å². The van der Waals surface area contributed by atoms with Gasteiger partial charge in [0, 0.05) is 25.5 Å². The number of anilines is 1. The summed E-state index contributed by atoms with van der Waals surface area (Å²) < 4.78 is 0. The monoisotopic (exact) mass is 220 g/mol. The summed E-state index contributed by atoms with van der Waals surface area (Å²) in [7, 11) is 0. The van der Waals surface area contributed by atoms with Crippen LogP contribution in [-0.4, -0.2) is 29.6 Å². The van der Waals surface area contributed by atoms with Crippen LogP contribution in [0.2, 0.25) is 0 Å². The van der Waals surface area contributed by atoms with Crippen molar-refractivity contribution < 1.29 is 0 Å². The summed E-state index contributed by atoms with van der Waals surface area (Å²) in [5, 5.41) is 0. The normalized spacial score (nSPS) is 20.4. The van der Waals surface area contributed by atoms with Gasteiger partial charge in [-0.2, -0.15) is 0 Å². The zero-order valence-corrected chi connectivity index (χ0v) is 9.89. The average Bonchev–Trinajstić information content (AvgIpc) is 2.78. The summed E-state index contributed by atoms with van der Waals surface area (Å²) in [5.74, 6) is 1.59. The summed E-state index contributed by atoms with van der Waals surface area (Å²) >= 11 is 0. The molecule has 1 fully saturated rings. The Labute approximate surface area is 96.9 Å². The average molecular weight is 220 g/mol. The lowest BCUT2D eigenvalue weighted by molar-refractivity contribution is 0.545. The van der Waals surface area contributed by atoms with Gasteiger partial charge in [0.15, 0.2) is 0 Å². The highest BCUT2D eigenvalue weighted by Crippen LogP contribution is 2.22. The van der Waals surface area contributed by atoms with E-state index in [4.69, 9.17) is 5.73 Å². The first-order valence-electron chi connectivity index (χ1n) is 6.09. The van der Waals surface area contributed by atoms with Gasteiger partial charge in [0.05, 0.1) is 0 Å². The van der Waals surface area contributed by atoms with Gasteiger partial charge in [-0.15, -0.1) is 0 Å². The number of nitrogens with zero attached hydrogens (tertiary/aromatic N) is 3. The third kappa shape index (κ3) is 2.50. The van der Waals surface area contributed by atoms with Crippen LogP contribution >= 0.6 is 0 Å². The Balaban J connectivity index is 1.97. The topological polar surface area (TPSA) is 55.0 Å². The lowest BCUT2D eigenvalue weighted by atomic mass is 10.1. The van der Waals surface area contributed by atoms with Gasteiger partial charge in [-0.05, 0) is 37.3 Å². The van der Waals surface area contributed by atoms with Crippen LogP contribution in [0.5, 0.6) is 0 Å². The molecule has 0 radical (unpaired) electrons. The quantitative estimate of drug-likeness (QED) is 0.828. The van der Waals surface area contributed by atoms with Crippen molar-refractivity contribution in [3.8, 4) is 0 Å². The van der Waals surface area contributed by atoms with Crippen LogP contribution in [0.25, 0.3) is 0 Å². The molecule has 2 N–H and O–H groups in total. The first-order chi connectivity index (χ1) is 7.83. The molecular weight excluding hydrogens is 200 g/mol. The van der Waals surface area contributed by atoms with Crippen molar-refractivity contribution in [1.82, 2.24) is 9.97 Å². The highest BCUT2D eigenvalue weighted by Gasteiger charge is 2.23. The number of aromatic nitrogens is 2. The number of rotatable bonds is 4. The Hall–Kier alpha value is -1.16. The summed E-state index contributed by atoms with van der Waals surface area (Å²) in [6.07, 6.45) is 7.19. The van der Waals surface area contributed by atoms with Crippen molar-refractivity contribution in [2.45, 2.75) is 26.2 Å². The number of nitrogens with two attached hydrogens (primary N) is 1. The van der Waals surface area contributed by atoms with Crippen molar-refractivity contribution >= 4 is 5.95 Å². The van der Waals surface area contributed by atoms with Crippen LogP contribution in [0.3, 0.4) is 0 Å². The fraction of sp³-hybridized carbons (Fsp3) is 0.667. The zero-order valence-electron chi connectivity index (χ0n) is 9.89. The Morgan fingerprint density at radius 2 is 2.19 bits per heavy atom. The third-order valence-electron chi connectivity index (χ3n) is 3.24. The molecule has 2 rings (SSSR count). The molecule has 1 unspecified atom stereocenters. The minimum Gasteiger partial charge on any atom is -0.341 e. The molecule has 1 aromatic rings. The van der Waals surface area contributed by atoms with E-state index < -0.39 is 0 Å². The molecule has 0 aliphatic carbocycles. The summed E-state index contributed by atoms with van der Waals surface area (Å²) in [6, 6.07) is 0. The van der Waals surface area contributed by atoms with Crippen LogP contribution in [0.15, 0.2) is 12.4 Å². The van der Waals surface area contributed by atoms with Crippen molar-refractivity contribution in [2.24, 2.45) is 11.7 Å². The fourth-order valence-electron chi connectivity index (χ4n) is 2.18. The molecule has 0 amide bonds. The van der Waals surface area contributed by atoms with E-state index in [1.54, 1.807) is 0 Å². The molecule has 88 valence electrons. The largest absolute Gasteiger partial charge is 0.341 e. The molecular formula is C12H20N4. The smallest absolute Gasteiger partial charge is 0.225 e. The lowest BCUT2D eigenvalue weighted by Crippen LogP contribution is -2.22. The van der Waals surface area contributed by atoms with Gasteiger partial charge < -0.3 is 10.6 Å². The van der Waals surface area contributed by atoms with Gasteiger partial charge in [-0.1, -0.05) is 6.92 Å². The van der Waals surface area contributed by atoms with Gasteiger partial charge in [0.2, 0.25) is 5.95 Å². The van der Waals surface area contributed by atoms with Crippen molar-refractivity contribution in [3.63, 3.8) is 0 Å². The SMILES string of the molecule is CCc1cnc(N2CCC(CCN)C2)nc1. The van der Waals surface area contributed by atoms with Crippen molar-refractivity contribution in [1.29, 1.82) is 0 Å². The van der Waals surface area contributed by atoms with E-state index in [1.807, 2.05) is 12.4 Å². The van der Waals surface area contributed by atoms with E-state index >= 15 is 0 Å². The highest BCUT2D eigenvalue weighted by atomic mass is 15.3. The second kappa shape index (κ2) is 5.25. The van der Waals surface area contributed by atoms with E-state index in [0.29, 0.717) is 0 Å². The molecule has 4 nitrogen and oxygen atoms in total. The van der Waals surface area contributed by atoms with E-state index in [0.717, 1.165) is 44.3 Å². The van der Waals surface area contributed by atoms with Gasteiger partial charge >= 0.3 is 0 Å². The lowest BCUT2D eigenvalue weighted by Gasteiger charge is -2.16. The molecule has 0 bridgehead atoms. The maximum Gasteiger partial charge on any atom is 0.225 e. The molecule has 4 heteroatoms. The molecule has 0 aromatic carbocycles. The van der Waals surface area contributed by atoms with Crippen molar-refractivity contribution in [2.75, 3.05) is 24.5 Å². The van der Waals surface area contributed by atoms with Gasteiger partial charge in [-0.3, -0.25) is 0 Å². The molecule has 1 saturated heterocycles. The van der Waals surface area contributed by atoms with Crippen molar-refractivity contribution in [3.05, 3.63) is 18.0 Å². The van der Waals surface area contributed by atoms with Crippen LogP contribution < -0.4 is 10.6 Å². The van der Waals surface area contributed by atoms with Crippen LogP contribution in [0.4, 0.5) is 5.95 Å². The first-order valence-corrected chi connectivity index (χ1v) is 6.09. The molecule has 2 heterocycles.